The quantitative estimate of drug-likeness (QED) is 0.323. The van der Waals surface area contributed by atoms with Gasteiger partial charge in [0.1, 0.15) is 5.75 Å². The van der Waals surface area contributed by atoms with Crippen molar-refractivity contribution < 1.29 is 19.4 Å². The van der Waals surface area contributed by atoms with Gasteiger partial charge in [0.15, 0.2) is 11.7 Å². The fraction of sp³-hybridized carbons (Fsp3) is 0.250. The van der Waals surface area contributed by atoms with Crippen molar-refractivity contribution in [1.29, 1.82) is 0 Å². The molecule has 0 radical (unpaired) electrons. The third kappa shape index (κ3) is 7.07. The van der Waals surface area contributed by atoms with Gasteiger partial charge in [-0.1, -0.05) is 32.9 Å². The molecule has 0 atom stereocenters. The van der Waals surface area contributed by atoms with Crippen LogP contribution in [-0.2, 0) is 10.2 Å². The number of carbonyl (C=O) groups is 2. The lowest BCUT2D eigenvalue weighted by atomic mass is 9.87. The Morgan fingerprint density at radius 1 is 1.14 bits per heavy atom. The van der Waals surface area contributed by atoms with Gasteiger partial charge in [0.05, 0.1) is 11.3 Å². The summed E-state index contributed by atoms with van der Waals surface area (Å²) in [5.74, 6) is -0.952. The molecular weight excluding hydrogens is 618 g/mol. The molecule has 29 heavy (non-hydrogen) atoms. The number of aromatic carboxylic acids is 1. The fourth-order valence-electron chi connectivity index (χ4n) is 2.38. The predicted molar refractivity (Wildman–Crippen MR) is 134 cm³/mol. The number of hydrogen-bond acceptors (Lipinski definition) is 4. The van der Waals surface area contributed by atoms with Crippen LogP contribution in [0, 0.1) is 7.14 Å². The van der Waals surface area contributed by atoms with E-state index >= 15 is 0 Å². The van der Waals surface area contributed by atoms with Crippen LogP contribution in [0.2, 0.25) is 0 Å². The van der Waals surface area contributed by atoms with Crippen LogP contribution in [-0.4, -0.2) is 28.7 Å². The highest BCUT2D eigenvalue weighted by Crippen LogP contribution is 2.26. The largest absolute Gasteiger partial charge is 0.484 e. The summed E-state index contributed by atoms with van der Waals surface area (Å²) in [6.45, 7) is 6.14. The van der Waals surface area contributed by atoms with E-state index in [1.54, 1.807) is 0 Å². The third-order valence-corrected chi connectivity index (χ3v) is 5.54. The normalized spacial score (nSPS) is 10.9. The highest BCUT2D eigenvalue weighted by molar-refractivity contribution is 14.1. The number of hydrogen-bond donors (Lipinski definition) is 3. The zero-order chi connectivity index (χ0) is 21.8. The molecule has 0 aliphatic heterocycles. The number of nitrogens with one attached hydrogen (secondary N) is 2. The predicted octanol–water partition coefficient (Wildman–Crippen LogP) is 4.78. The summed E-state index contributed by atoms with van der Waals surface area (Å²) in [6, 6.07) is 10.9. The SMILES string of the molecule is CC(C)(C)c1ccc(OCC(=O)NC(=S)Nc2c(I)cc(I)cc2C(=O)O)cc1. The zero-order valence-electron chi connectivity index (χ0n) is 16.0. The second-order valence-electron chi connectivity index (χ2n) is 7.18. The molecule has 2 aromatic rings. The fourth-order valence-corrected chi connectivity index (χ4v) is 4.57. The van der Waals surface area contributed by atoms with Crippen LogP contribution in [0.3, 0.4) is 0 Å². The monoisotopic (exact) mass is 638 g/mol. The molecule has 154 valence electrons. The van der Waals surface area contributed by atoms with E-state index in [0.29, 0.717) is 15.0 Å². The molecule has 0 spiro atoms. The van der Waals surface area contributed by atoms with E-state index in [-0.39, 0.29) is 22.7 Å². The van der Waals surface area contributed by atoms with Crippen molar-refractivity contribution >= 4 is 80.1 Å². The van der Waals surface area contributed by atoms with Gasteiger partial charge >= 0.3 is 5.97 Å². The minimum Gasteiger partial charge on any atom is -0.484 e. The highest BCUT2D eigenvalue weighted by atomic mass is 127. The number of carbonyl (C=O) groups excluding carboxylic acids is 1. The Morgan fingerprint density at radius 3 is 2.31 bits per heavy atom. The molecule has 2 aromatic carbocycles. The van der Waals surface area contributed by atoms with Gasteiger partial charge in [-0.25, -0.2) is 4.79 Å². The van der Waals surface area contributed by atoms with Gasteiger partial charge in [-0.3, -0.25) is 10.1 Å². The van der Waals surface area contributed by atoms with Crippen LogP contribution in [0.4, 0.5) is 5.69 Å². The Labute approximate surface area is 202 Å². The Bertz CT molecular complexity index is 941. The number of carboxylic acids is 1. The minimum atomic E-state index is -1.08. The molecule has 3 N–H and O–H groups in total. The lowest BCUT2D eigenvalue weighted by Crippen LogP contribution is -2.37. The van der Waals surface area contributed by atoms with Crippen LogP contribution < -0.4 is 15.4 Å². The first-order valence-electron chi connectivity index (χ1n) is 8.54. The van der Waals surface area contributed by atoms with Gasteiger partial charge in [0, 0.05) is 7.14 Å². The van der Waals surface area contributed by atoms with Crippen molar-refractivity contribution in [3.05, 3.63) is 54.7 Å². The number of carboxylic acid groups (broad SMARTS) is 1. The standard InChI is InChI=1S/C20H20I2N2O4S/c1-20(2,3)11-4-6-13(7-5-11)28-10-16(25)23-19(29)24-17-14(18(26)27)8-12(21)9-15(17)22/h4-9H,10H2,1-3H3,(H,26,27)(H2,23,24,25,29). The molecule has 0 heterocycles. The van der Waals surface area contributed by atoms with Gasteiger partial charge in [0.25, 0.3) is 5.91 Å². The summed E-state index contributed by atoms with van der Waals surface area (Å²) in [5.41, 5.74) is 1.62. The Kier molecular flexibility index (Phi) is 8.23. The van der Waals surface area contributed by atoms with E-state index in [4.69, 9.17) is 17.0 Å². The number of benzene rings is 2. The summed E-state index contributed by atoms with van der Waals surface area (Å²) in [4.78, 5) is 23.6. The van der Waals surface area contributed by atoms with E-state index in [1.165, 1.54) is 11.6 Å². The number of halogens is 2. The number of anilines is 1. The summed E-state index contributed by atoms with van der Waals surface area (Å²) in [5, 5.41) is 14.7. The van der Waals surface area contributed by atoms with Gasteiger partial charge in [-0.15, -0.1) is 0 Å². The highest BCUT2D eigenvalue weighted by Gasteiger charge is 2.17. The van der Waals surface area contributed by atoms with Crippen LogP contribution >= 0.6 is 57.4 Å². The number of ether oxygens (including phenoxy) is 1. The van der Waals surface area contributed by atoms with Gasteiger partial charge in [0.2, 0.25) is 0 Å². The smallest absolute Gasteiger partial charge is 0.337 e. The summed E-state index contributed by atoms with van der Waals surface area (Å²) in [6.07, 6.45) is 0. The molecule has 0 fully saturated rings. The van der Waals surface area contributed by atoms with Crippen LogP contribution in [0.25, 0.3) is 0 Å². The second-order valence-corrected chi connectivity index (χ2v) is 10.00. The molecule has 0 aliphatic carbocycles. The van der Waals surface area contributed by atoms with Crippen molar-refractivity contribution in [3.8, 4) is 5.75 Å². The molecule has 0 aliphatic rings. The van der Waals surface area contributed by atoms with Gasteiger partial charge in [-0.05, 0) is 92.6 Å². The summed E-state index contributed by atoms with van der Waals surface area (Å²) in [7, 11) is 0. The molecular formula is C20H20I2N2O4S. The number of rotatable bonds is 5. The van der Waals surface area contributed by atoms with Crippen molar-refractivity contribution in [3.63, 3.8) is 0 Å². The Balaban J connectivity index is 1.95. The van der Waals surface area contributed by atoms with Crippen molar-refractivity contribution in [2.24, 2.45) is 0 Å². The number of thiocarbonyl (C=S) groups is 1. The van der Waals surface area contributed by atoms with Crippen LogP contribution in [0.1, 0.15) is 36.7 Å². The van der Waals surface area contributed by atoms with Crippen molar-refractivity contribution in [2.45, 2.75) is 26.2 Å². The van der Waals surface area contributed by atoms with Crippen LogP contribution in [0.5, 0.6) is 5.75 Å². The minimum absolute atomic E-state index is 0.00306. The first-order chi connectivity index (χ1) is 13.5. The maximum absolute atomic E-state index is 12.1. The van der Waals surface area contributed by atoms with E-state index < -0.39 is 11.9 Å². The molecule has 6 nitrogen and oxygen atoms in total. The number of amides is 1. The van der Waals surface area contributed by atoms with E-state index in [9.17, 15) is 14.7 Å². The second kappa shape index (κ2) is 10.0. The maximum Gasteiger partial charge on any atom is 0.337 e. The molecule has 0 bridgehead atoms. The molecule has 0 saturated heterocycles. The van der Waals surface area contributed by atoms with Gasteiger partial charge < -0.3 is 15.2 Å². The third-order valence-electron chi connectivity index (χ3n) is 3.87. The van der Waals surface area contributed by atoms with E-state index in [1.807, 2.05) is 75.5 Å². The molecule has 2 rings (SSSR count). The molecule has 0 aromatic heterocycles. The first-order valence-corrected chi connectivity index (χ1v) is 11.1. The van der Waals surface area contributed by atoms with Crippen LogP contribution in [0.15, 0.2) is 36.4 Å². The van der Waals surface area contributed by atoms with Gasteiger partial charge in [-0.2, -0.15) is 0 Å². The molecule has 9 heteroatoms. The molecule has 0 saturated carbocycles. The van der Waals surface area contributed by atoms with Crippen molar-refractivity contribution in [1.82, 2.24) is 5.32 Å². The topological polar surface area (TPSA) is 87.7 Å². The first kappa shape index (κ1) is 23.8. The molecule has 0 unspecified atom stereocenters. The average Bonchev–Trinajstić information content (AvgIpc) is 2.61. The Morgan fingerprint density at radius 2 is 1.76 bits per heavy atom. The zero-order valence-corrected chi connectivity index (χ0v) is 21.1. The lowest BCUT2D eigenvalue weighted by Gasteiger charge is -2.19. The summed E-state index contributed by atoms with van der Waals surface area (Å²) >= 11 is 9.20. The Hall–Kier alpha value is -1.47. The van der Waals surface area contributed by atoms with E-state index in [0.717, 1.165) is 3.57 Å². The summed E-state index contributed by atoms with van der Waals surface area (Å²) < 4.78 is 6.96. The maximum atomic E-state index is 12.1. The van der Waals surface area contributed by atoms with Crippen molar-refractivity contribution in [2.75, 3.05) is 11.9 Å². The van der Waals surface area contributed by atoms with E-state index in [2.05, 4.69) is 31.4 Å². The lowest BCUT2D eigenvalue weighted by molar-refractivity contribution is -0.121. The molecule has 1 amide bonds. The average molecular weight is 638 g/mol.